The number of benzene rings is 1. The van der Waals surface area contributed by atoms with Crippen molar-refractivity contribution in [1.29, 1.82) is 0 Å². The lowest BCUT2D eigenvalue weighted by Crippen LogP contribution is -2.25. The van der Waals surface area contributed by atoms with E-state index in [1.54, 1.807) is 0 Å². The van der Waals surface area contributed by atoms with Crippen LogP contribution in [0, 0.1) is 5.41 Å². The van der Waals surface area contributed by atoms with E-state index in [1.807, 2.05) is 24.3 Å². The summed E-state index contributed by atoms with van der Waals surface area (Å²) in [5.74, 6) is 1.43. The molecule has 2 aromatic rings. The van der Waals surface area contributed by atoms with Crippen molar-refractivity contribution in [2.24, 2.45) is 5.41 Å². The fourth-order valence-electron chi connectivity index (χ4n) is 1.41. The first-order valence-corrected chi connectivity index (χ1v) is 5.89. The molecule has 0 radical (unpaired) electrons. The number of anilines is 1. The molecular formula is C12H16ClN3. The van der Waals surface area contributed by atoms with E-state index in [0.717, 1.165) is 23.5 Å². The fraction of sp³-hybridized carbons (Fsp3) is 0.417. The summed E-state index contributed by atoms with van der Waals surface area (Å²) in [5, 5.41) is 3.27. The third-order valence-corrected chi connectivity index (χ3v) is 3.21. The highest BCUT2D eigenvalue weighted by atomic mass is 35.5. The molecule has 0 aliphatic heterocycles. The Hall–Kier alpha value is -1.22. The first-order chi connectivity index (χ1) is 7.61. The summed E-state index contributed by atoms with van der Waals surface area (Å²) in [6.07, 6.45) is 0. The Morgan fingerprint density at radius 3 is 2.81 bits per heavy atom. The van der Waals surface area contributed by atoms with Crippen LogP contribution in [0.2, 0.25) is 0 Å². The van der Waals surface area contributed by atoms with Gasteiger partial charge in [0.1, 0.15) is 0 Å². The first kappa shape index (κ1) is 11.3. The predicted octanol–water partition coefficient (Wildman–Crippen LogP) is 3.24. The molecule has 0 aliphatic rings. The summed E-state index contributed by atoms with van der Waals surface area (Å²) in [6.45, 7) is 5.04. The Bertz CT molecular complexity index is 443. The van der Waals surface area contributed by atoms with Crippen LogP contribution in [0.5, 0.6) is 0 Å². The van der Waals surface area contributed by atoms with Crippen LogP contribution < -0.4 is 5.32 Å². The number of hydrogen-bond acceptors (Lipinski definition) is 2. The van der Waals surface area contributed by atoms with Crippen LogP contribution in [0.15, 0.2) is 24.3 Å². The van der Waals surface area contributed by atoms with Crippen LogP contribution in [0.25, 0.3) is 11.0 Å². The maximum absolute atomic E-state index is 5.87. The molecule has 4 heteroatoms. The van der Waals surface area contributed by atoms with Crippen molar-refractivity contribution < 1.29 is 0 Å². The van der Waals surface area contributed by atoms with Crippen LogP contribution in [-0.4, -0.2) is 22.4 Å². The van der Waals surface area contributed by atoms with Gasteiger partial charge in [-0.15, -0.1) is 11.6 Å². The predicted molar refractivity (Wildman–Crippen MR) is 69.1 cm³/mol. The SMILES string of the molecule is CC(C)(CCl)CNc1nc2ccccc2[nH]1. The number of aromatic nitrogens is 2. The minimum Gasteiger partial charge on any atom is -0.355 e. The zero-order valence-electron chi connectivity index (χ0n) is 9.55. The molecule has 0 amide bonds. The van der Waals surface area contributed by atoms with Crippen molar-refractivity contribution >= 4 is 28.6 Å². The van der Waals surface area contributed by atoms with Gasteiger partial charge in [-0.1, -0.05) is 26.0 Å². The van der Waals surface area contributed by atoms with Gasteiger partial charge in [-0.25, -0.2) is 4.98 Å². The van der Waals surface area contributed by atoms with Crippen molar-refractivity contribution in [3.63, 3.8) is 0 Å². The molecule has 0 saturated carbocycles. The van der Waals surface area contributed by atoms with Crippen LogP contribution in [0.3, 0.4) is 0 Å². The average molecular weight is 238 g/mol. The molecule has 2 rings (SSSR count). The van der Waals surface area contributed by atoms with Gasteiger partial charge in [0.15, 0.2) is 0 Å². The molecular weight excluding hydrogens is 222 g/mol. The smallest absolute Gasteiger partial charge is 0.201 e. The molecule has 2 N–H and O–H groups in total. The molecule has 0 atom stereocenters. The summed E-state index contributed by atoms with van der Waals surface area (Å²) in [5.41, 5.74) is 2.10. The lowest BCUT2D eigenvalue weighted by molar-refractivity contribution is 0.449. The van der Waals surface area contributed by atoms with E-state index in [1.165, 1.54) is 0 Å². The molecule has 0 saturated heterocycles. The van der Waals surface area contributed by atoms with Crippen molar-refractivity contribution in [2.75, 3.05) is 17.7 Å². The number of hydrogen-bond donors (Lipinski definition) is 2. The van der Waals surface area contributed by atoms with Crippen molar-refractivity contribution in [3.8, 4) is 0 Å². The monoisotopic (exact) mass is 237 g/mol. The molecule has 3 nitrogen and oxygen atoms in total. The number of fused-ring (bicyclic) bond motifs is 1. The van der Waals surface area contributed by atoms with E-state index in [-0.39, 0.29) is 5.41 Å². The Kier molecular flexibility index (Phi) is 3.06. The molecule has 1 heterocycles. The van der Waals surface area contributed by atoms with E-state index >= 15 is 0 Å². The van der Waals surface area contributed by atoms with E-state index in [2.05, 4.69) is 29.1 Å². The van der Waals surface area contributed by atoms with Crippen LogP contribution in [0.4, 0.5) is 5.95 Å². The van der Waals surface area contributed by atoms with Gasteiger partial charge in [0.2, 0.25) is 5.95 Å². The van der Waals surface area contributed by atoms with Crippen LogP contribution in [0.1, 0.15) is 13.8 Å². The Labute approximate surface area is 100 Å². The summed E-state index contributed by atoms with van der Waals surface area (Å²) in [6, 6.07) is 7.98. The van der Waals surface area contributed by atoms with Crippen molar-refractivity contribution in [1.82, 2.24) is 9.97 Å². The summed E-state index contributed by atoms with van der Waals surface area (Å²) >= 11 is 5.87. The van der Waals surface area contributed by atoms with Gasteiger partial charge in [0, 0.05) is 12.4 Å². The average Bonchev–Trinajstić information content (AvgIpc) is 2.69. The number of rotatable bonds is 4. The Morgan fingerprint density at radius 2 is 2.12 bits per heavy atom. The molecule has 0 unspecified atom stereocenters. The second kappa shape index (κ2) is 4.34. The maximum Gasteiger partial charge on any atom is 0.201 e. The summed E-state index contributed by atoms with van der Waals surface area (Å²) < 4.78 is 0. The zero-order chi connectivity index (χ0) is 11.6. The third kappa shape index (κ3) is 2.47. The van der Waals surface area contributed by atoms with Crippen LogP contribution >= 0.6 is 11.6 Å². The fourth-order valence-corrected chi connectivity index (χ4v) is 1.50. The number of nitrogens with one attached hydrogen (secondary N) is 2. The Morgan fingerprint density at radius 1 is 1.38 bits per heavy atom. The molecule has 1 aromatic heterocycles. The van der Waals surface area contributed by atoms with Gasteiger partial charge < -0.3 is 10.3 Å². The van der Waals surface area contributed by atoms with E-state index in [9.17, 15) is 0 Å². The number of alkyl halides is 1. The van der Waals surface area contributed by atoms with Gasteiger partial charge in [-0.2, -0.15) is 0 Å². The van der Waals surface area contributed by atoms with Gasteiger partial charge in [0.05, 0.1) is 11.0 Å². The minimum absolute atomic E-state index is 0.0700. The van der Waals surface area contributed by atoms with E-state index in [0.29, 0.717) is 5.88 Å². The lowest BCUT2D eigenvalue weighted by atomic mass is 9.97. The van der Waals surface area contributed by atoms with Crippen molar-refractivity contribution in [3.05, 3.63) is 24.3 Å². The number of aromatic amines is 1. The van der Waals surface area contributed by atoms with Gasteiger partial charge in [-0.05, 0) is 17.5 Å². The minimum atomic E-state index is 0.0700. The summed E-state index contributed by atoms with van der Waals surface area (Å²) in [4.78, 5) is 7.67. The number of nitrogens with zero attached hydrogens (tertiary/aromatic N) is 1. The molecule has 86 valence electrons. The molecule has 16 heavy (non-hydrogen) atoms. The largest absolute Gasteiger partial charge is 0.355 e. The number of H-pyrrole nitrogens is 1. The van der Waals surface area contributed by atoms with E-state index in [4.69, 9.17) is 11.6 Å². The topological polar surface area (TPSA) is 40.7 Å². The number of para-hydroxylation sites is 2. The molecule has 0 fully saturated rings. The molecule has 0 aliphatic carbocycles. The molecule has 0 bridgehead atoms. The zero-order valence-corrected chi connectivity index (χ0v) is 10.3. The highest BCUT2D eigenvalue weighted by molar-refractivity contribution is 6.18. The molecule has 0 spiro atoms. The second-order valence-electron chi connectivity index (χ2n) is 4.75. The van der Waals surface area contributed by atoms with Crippen LogP contribution in [-0.2, 0) is 0 Å². The van der Waals surface area contributed by atoms with Gasteiger partial charge in [-0.3, -0.25) is 0 Å². The highest BCUT2D eigenvalue weighted by Gasteiger charge is 2.16. The second-order valence-corrected chi connectivity index (χ2v) is 5.02. The summed E-state index contributed by atoms with van der Waals surface area (Å²) in [7, 11) is 0. The number of halogens is 1. The lowest BCUT2D eigenvalue weighted by Gasteiger charge is -2.21. The van der Waals surface area contributed by atoms with E-state index < -0.39 is 0 Å². The normalized spacial score (nSPS) is 11.9. The van der Waals surface area contributed by atoms with Gasteiger partial charge >= 0.3 is 0 Å². The van der Waals surface area contributed by atoms with Crippen molar-refractivity contribution in [2.45, 2.75) is 13.8 Å². The molecule has 1 aromatic carbocycles. The first-order valence-electron chi connectivity index (χ1n) is 5.35. The van der Waals surface area contributed by atoms with Gasteiger partial charge in [0.25, 0.3) is 0 Å². The Balaban J connectivity index is 2.10. The quantitative estimate of drug-likeness (QED) is 0.802. The third-order valence-electron chi connectivity index (χ3n) is 2.49. The standard InChI is InChI=1S/C12H16ClN3/c1-12(2,7-13)8-14-11-15-9-5-3-4-6-10(9)16-11/h3-6H,7-8H2,1-2H3,(H2,14,15,16). The number of imidazole rings is 1. The maximum atomic E-state index is 5.87. The highest BCUT2D eigenvalue weighted by Crippen LogP contribution is 2.19.